The van der Waals surface area contributed by atoms with Crippen LogP contribution in [0, 0.1) is 18.6 Å². The molecule has 1 aliphatic rings. The zero-order valence-electron chi connectivity index (χ0n) is 15.4. The van der Waals surface area contributed by atoms with Crippen molar-refractivity contribution in [2.75, 3.05) is 11.4 Å². The first-order chi connectivity index (χ1) is 13.4. The topological polar surface area (TPSA) is 49.4 Å². The van der Waals surface area contributed by atoms with Crippen molar-refractivity contribution < 1.29 is 23.2 Å². The maximum Gasteiger partial charge on any atom is 0.249 e. The minimum absolute atomic E-state index is 0.0622. The largest absolute Gasteiger partial charge is 0.504 e. The van der Waals surface area contributed by atoms with Crippen LogP contribution in [-0.2, 0) is 11.3 Å². The lowest BCUT2D eigenvalue weighted by atomic mass is 10.2. The highest BCUT2D eigenvalue weighted by Gasteiger charge is 2.23. The van der Waals surface area contributed by atoms with Crippen LogP contribution in [0.25, 0.3) is 5.69 Å². The molecule has 5 nitrogen and oxygen atoms in total. The number of aromatic nitrogens is 2. The van der Waals surface area contributed by atoms with Crippen LogP contribution < -0.4 is 9.47 Å². The van der Waals surface area contributed by atoms with E-state index in [1.807, 2.05) is 23.8 Å². The van der Waals surface area contributed by atoms with Gasteiger partial charge in [-0.3, -0.25) is 4.79 Å². The number of nitrogens with zero attached hydrogens (tertiary/aromatic N) is 3. The molecular formula is C21H20F2N3O2+. The fourth-order valence-electron chi connectivity index (χ4n) is 3.50. The van der Waals surface area contributed by atoms with E-state index in [0.717, 1.165) is 18.2 Å². The van der Waals surface area contributed by atoms with Gasteiger partial charge in [0.25, 0.3) is 0 Å². The number of hydrogen-bond donors (Lipinski definition) is 1. The van der Waals surface area contributed by atoms with E-state index in [0.29, 0.717) is 36.4 Å². The van der Waals surface area contributed by atoms with Crippen LogP contribution in [0.5, 0.6) is 5.75 Å². The number of aryl methyl sites for hydroxylation is 1. The summed E-state index contributed by atoms with van der Waals surface area (Å²) in [7, 11) is 0. The van der Waals surface area contributed by atoms with Gasteiger partial charge in [0.05, 0.1) is 0 Å². The number of aromatic hydroxyl groups is 1. The van der Waals surface area contributed by atoms with Gasteiger partial charge in [-0.2, -0.15) is 4.57 Å². The van der Waals surface area contributed by atoms with Crippen molar-refractivity contribution in [1.82, 2.24) is 4.57 Å². The van der Waals surface area contributed by atoms with E-state index in [-0.39, 0.29) is 11.7 Å². The standard InChI is InChI=1S/C21H19F2N3O2/c1-14-11-25(13-24(14)12-15-4-6-17(22)18(23)9-15)19-7-5-16(10-20(19)27)26-8-2-3-21(26)28/h4-7,9-11,13H,2-3,8,12H2,1H3/p+1. The Bertz CT molecular complexity index is 1060. The molecule has 28 heavy (non-hydrogen) atoms. The van der Waals surface area contributed by atoms with Crippen molar-refractivity contribution >= 4 is 11.6 Å². The summed E-state index contributed by atoms with van der Waals surface area (Å²) in [4.78, 5) is 13.6. The lowest BCUT2D eigenvalue weighted by Crippen LogP contribution is -2.35. The summed E-state index contributed by atoms with van der Waals surface area (Å²) in [5, 5.41) is 10.5. The lowest BCUT2D eigenvalue weighted by molar-refractivity contribution is -0.693. The molecule has 0 saturated carbocycles. The van der Waals surface area contributed by atoms with E-state index in [9.17, 15) is 18.7 Å². The number of phenolic OH excluding ortho intramolecular Hbond substituents is 1. The zero-order valence-corrected chi connectivity index (χ0v) is 15.4. The number of amides is 1. The molecule has 144 valence electrons. The second-order valence-corrected chi connectivity index (χ2v) is 6.99. The van der Waals surface area contributed by atoms with Crippen molar-refractivity contribution in [2.45, 2.75) is 26.3 Å². The Morgan fingerprint density at radius 3 is 2.64 bits per heavy atom. The van der Waals surface area contributed by atoms with Gasteiger partial charge in [0, 0.05) is 31.6 Å². The molecule has 0 aliphatic carbocycles. The first-order valence-electron chi connectivity index (χ1n) is 9.08. The maximum absolute atomic E-state index is 13.4. The molecule has 1 aliphatic heterocycles. The third-order valence-corrected chi connectivity index (χ3v) is 5.00. The van der Waals surface area contributed by atoms with E-state index in [1.54, 1.807) is 34.0 Å². The number of carbonyl (C=O) groups is 1. The average Bonchev–Trinajstić information content (AvgIpc) is 3.24. The van der Waals surface area contributed by atoms with Crippen molar-refractivity contribution in [1.29, 1.82) is 0 Å². The third kappa shape index (κ3) is 3.35. The number of halogens is 2. The fourth-order valence-corrected chi connectivity index (χ4v) is 3.50. The van der Waals surface area contributed by atoms with Gasteiger partial charge in [-0.25, -0.2) is 13.3 Å². The molecule has 3 aromatic rings. The van der Waals surface area contributed by atoms with Crippen molar-refractivity contribution in [3.8, 4) is 11.4 Å². The molecule has 1 N–H and O–H groups in total. The van der Waals surface area contributed by atoms with Gasteiger partial charge < -0.3 is 10.0 Å². The quantitative estimate of drug-likeness (QED) is 0.702. The minimum Gasteiger partial charge on any atom is -0.504 e. The highest BCUT2D eigenvalue weighted by Crippen LogP contribution is 2.30. The maximum atomic E-state index is 13.4. The molecule has 0 atom stereocenters. The fraction of sp³-hybridized carbons (Fsp3) is 0.238. The van der Waals surface area contributed by atoms with Gasteiger partial charge in [0.1, 0.15) is 18.4 Å². The molecule has 0 spiro atoms. The predicted molar refractivity (Wildman–Crippen MR) is 99.4 cm³/mol. The molecule has 0 unspecified atom stereocenters. The summed E-state index contributed by atoms with van der Waals surface area (Å²) < 4.78 is 30.2. The molecule has 2 heterocycles. The van der Waals surface area contributed by atoms with E-state index in [1.165, 1.54) is 6.07 Å². The summed E-state index contributed by atoms with van der Waals surface area (Å²) in [5.41, 5.74) is 2.78. The van der Waals surface area contributed by atoms with Gasteiger partial charge in [-0.05, 0) is 36.2 Å². The molecule has 0 radical (unpaired) electrons. The zero-order chi connectivity index (χ0) is 19.8. The summed E-state index contributed by atoms with van der Waals surface area (Å²) >= 11 is 0. The van der Waals surface area contributed by atoms with Gasteiger partial charge in [-0.15, -0.1) is 0 Å². The highest BCUT2D eigenvalue weighted by atomic mass is 19.2. The summed E-state index contributed by atoms with van der Waals surface area (Å²) in [6.07, 6.45) is 4.98. The SMILES string of the molecule is Cc1cn(-c2ccc(N3CCCC3=O)cc2O)c[n+]1Cc1ccc(F)c(F)c1. The normalized spacial score (nSPS) is 14.1. The molecular weight excluding hydrogens is 364 g/mol. The third-order valence-electron chi connectivity index (χ3n) is 5.00. The van der Waals surface area contributed by atoms with Gasteiger partial charge in [0.15, 0.2) is 23.1 Å². The van der Waals surface area contributed by atoms with Crippen LogP contribution >= 0.6 is 0 Å². The number of phenols is 1. The molecule has 1 fully saturated rings. The van der Waals surface area contributed by atoms with Crippen molar-refractivity contribution in [2.24, 2.45) is 0 Å². The van der Waals surface area contributed by atoms with Crippen LogP contribution in [0.4, 0.5) is 14.5 Å². The Labute approximate surface area is 161 Å². The molecule has 2 aromatic carbocycles. The summed E-state index contributed by atoms with van der Waals surface area (Å²) in [6.45, 7) is 2.93. The van der Waals surface area contributed by atoms with Gasteiger partial charge in [0.2, 0.25) is 12.2 Å². The number of imidazole rings is 1. The van der Waals surface area contributed by atoms with Gasteiger partial charge in [-0.1, -0.05) is 6.07 Å². The minimum atomic E-state index is -0.875. The van der Waals surface area contributed by atoms with Crippen molar-refractivity contribution in [3.63, 3.8) is 0 Å². The Morgan fingerprint density at radius 1 is 1.14 bits per heavy atom. The van der Waals surface area contributed by atoms with Crippen LogP contribution in [-0.4, -0.2) is 22.1 Å². The van der Waals surface area contributed by atoms with E-state index in [4.69, 9.17) is 0 Å². The molecule has 4 rings (SSSR count). The Hall–Kier alpha value is -3.22. The monoisotopic (exact) mass is 384 g/mol. The second-order valence-electron chi connectivity index (χ2n) is 6.99. The Morgan fingerprint density at radius 2 is 1.96 bits per heavy atom. The average molecular weight is 384 g/mol. The molecule has 7 heteroatoms. The summed E-state index contributed by atoms with van der Waals surface area (Å²) in [6, 6.07) is 9.00. The first-order valence-corrected chi connectivity index (χ1v) is 9.08. The predicted octanol–water partition coefficient (Wildman–Crippen LogP) is 3.23. The van der Waals surface area contributed by atoms with E-state index in [2.05, 4.69) is 0 Å². The number of rotatable bonds is 4. The van der Waals surface area contributed by atoms with Crippen molar-refractivity contribution in [3.05, 3.63) is 71.8 Å². The smallest absolute Gasteiger partial charge is 0.249 e. The number of anilines is 1. The molecule has 1 saturated heterocycles. The number of benzene rings is 2. The van der Waals surface area contributed by atoms with Gasteiger partial charge >= 0.3 is 0 Å². The second kappa shape index (κ2) is 7.07. The van der Waals surface area contributed by atoms with Crippen LogP contribution in [0.2, 0.25) is 0 Å². The molecule has 1 aromatic heterocycles. The summed E-state index contributed by atoms with van der Waals surface area (Å²) in [5.74, 6) is -1.62. The lowest BCUT2D eigenvalue weighted by Gasteiger charge is -2.16. The molecule has 0 bridgehead atoms. The highest BCUT2D eigenvalue weighted by molar-refractivity contribution is 5.95. The molecule has 1 amide bonds. The van der Waals surface area contributed by atoms with Crippen LogP contribution in [0.1, 0.15) is 24.1 Å². The Kier molecular flexibility index (Phi) is 4.58. The first kappa shape index (κ1) is 18.2. The van der Waals surface area contributed by atoms with E-state index < -0.39 is 11.6 Å². The number of hydrogen-bond acceptors (Lipinski definition) is 2. The van der Waals surface area contributed by atoms with Crippen LogP contribution in [0.3, 0.4) is 0 Å². The Balaban J connectivity index is 1.60. The number of carbonyl (C=O) groups excluding carboxylic acids is 1. The van der Waals surface area contributed by atoms with E-state index >= 15 is 0 Å². The van der Waals surface area contributed by atoms with Crippen LogP contribution in [0.15, 0.2) is 48.9 Å².